The summed E-state index contributed by atoms with van der Waals surface area (Å²) in [5, 5.41) is 2.98. The molecule has 2 fully saturated rings. The number of nitrogens with zero attached hydrogens (tertiary/aromatic N) is 3. The Morgan fingerprint density at radius 1 is 1.40 bits per heavy atom. The number of hydrogen-bond acceptors (Lipinski definition) is 6. The molecule has 1 aromatic heterocycles. The quantitative estimate of drug-likeness (QED) is 0.787. The van der Waals surface area contributed by atoms with Crippen molar-refractivity contribution < 1.29 is 9.53 Å². The van der Waals surface area contributed by atoms with Gasteiger partial charge < -0.3 is 20.7 Å². The Kier molecular flexibility index (Phi) is 8.34. The minimum Gasteiger partial charge on any atom is -0.377 e. The highest BCUT2D eigenvalue weighted by molar-refractivity contribution is 5.85. The van der Waals surface area contributed by atoms with Crippen molar-refractivity contribution in [3.8, 4) is 0 Å². The Balaban J connectivity index is 0.00000156. The number of halogens is 2. The van der Waals surface area contributed by atoms with E-state index in [9.17, 15) is 4.79 Å². The maximum Gasteiger partial charge on any atom is 0.217 e. The van der Waals surface area contributed by atoms with Gasteiger partial charge in [0.15, 0.2) is 5.82 Å². The third-order valence-electron chi connectivity index (χ3n) is 4.56. The first-order valence-corrected chi connectivity index (χ1v) is 8.19. The Hall–Kier alpha value is -1.15. The van der Waals surface area contributed by atoms with E-state index in [1.54, 1.807) is 14.0 Å². The highest BCUT2D eigenvalue weighted by Gasteiger charge is 2.30. The molecule has 0 unspecified atom stereocenters. The number of methoxy groups -OCH3 is 1. The number of carbonyl (C=O) groups is 1. The Morgan fingerprint density at radius 3 is 2.72 bits per heavy atom. The van der Waals surface area contributed by atoms with Crippen molar-refractivity contribution in [2.45, 2.75) is 50.8 Å². The smallest absolute Gasteiger partial charge is 0.217 e. The first kappa shape index (κ1) is 21.9. The van der Waals surface area contributed by atoms with Gasteiger partial charge in [-0.25, -0.2) is 9.97 Å². The van der Waals surface area contributed by atoms with Gasteiger partial charge in [-0.3, -0.25) is 4.79 Å². The largest absolute Gasteiger partial charge is 0.377 e. The summed E-state index contributed by atoms with van der Waals surface area (Å²) in [6, 6.07) is 2.56. The molecule has 1 aliphatic heterocycles. The molecule has 1 aromatic rings. The van der Waals surface area contributed by atoms with Crippen LogP contribution in [0.1, 0.15) is 43.6 Å². The molecule has 2 heterocycles. The summed E-state index contributed by atoms with van der Waals surface area (Å²) in [7, 11) is 1.65. The summed E-state index contributed by atoms with van der Waals surface area (Å²) in [6.45, 7) is 3.63. The van der Waals surface area contributed by atoms with Crippen molar-refractivity contribution >= 4 is 36.5 Å². The zero-order valence-corrected chi connectivity index (χ0v) is 16.2. The molecule has 0 bridgehead atoms. The van der Waals surface area contributed by atoms with Gasteiger partial charge in [-0.05, 0) is 19.3 Å². The predicted molar refractivity (Wildman–Crippen MR) is 102 cm³/mol. The third-order valence-corrected chi connectivity index (χ3v) is 4.56. The van der Waals surface area contributed by atoms with E-state index >= 15 is 0 Å². The maximum atomic E-state index is 11.2. The van der Waals surface area contributed by atoms with E-state index in [4.69, 9.17) is 10.5 Å². The van der Waals surface area contributed by atoms with Crippen LogP contribution in [-0.2, 0) is 16.1 Å². The van der Waals surface area contributed by atoms with Crippen LogP contribution in [0.25, 0.3) is 0 Å². The van der Waals surface area contributed by atoms with Gasteiger partial charge in [0.25, 0.3) is 0 Å². The lowest BCUT2D eigenvalue weighted by atomic mass is 9.78. The zero-order valence-electron chi connectivity index (χ0n) is 14.6. The number of anilines is 1. The van der Waals surface area contributed by atoms with E-state index in [0.29, 0.717) is 24.4 Å². The molecule has 9 heteroatoms. The number of aromatic nitrogens is 2. The predicted octanol–water partition coefficient (Wildman–Crippen LogP) is 1.39. The monoisotopic (exact) mass is 391 g/mol. The van der Waals surface area contributed by atoms with Gasteiger partial charge >= 0.3 is 0 Å². The van der Waals surface area contributed by atoms with Crippen molar-refractivity contribution in [1.82, 2.24) is 15.3 Å². The van der Waals surface area contributed by atoms with E-state index in [0.717, 1.165) is 43.9 Å². The molecular weight excluding hydrogens is 365 g/mol. The lowest BCUT2D eigenvalue weighted by Gasteiger charge is -2.32. The first-order valence-electron chi connectivity index (χ1n) is 8.19. The minimum absolute atomic E-state index is 0. The highest BCUT2D eigenvalue weighted by Crippen LogP contribution is 2.36. The summed E-state index contributed by atoms with van der Waals surface area (Å²) in [4.78, 5) is 22.7. The van der Waals surface area contributed by atoms with E-state index < -0.39 is 0 Å². The third kappa shape index (κ3) is 5.41. The van der Waals surface area contributed by atoms with Crippen LogP contribution in [0.15, 0.2) is 6.07 Å². The molecule has 3 rings (SSSR count). The highest BCUT2D eigenvalue weighted by atomic mass is 35.5. The molecule has 2 aliphatic rings. The average molecular weight is 392 g/mol. The summed E-state index contributed by atoms with van der Waals surface area (Å²) < 4.78 is 5.20. The number of nitrogens with one attached hydrogen (secondary N) is 1. The summed E-state index contributed by atoms with van der Waals surface area (Å²) in [5.41, 5.74) is 6.97. The fourth-order valence-corrected chi connectivity index (χ4v) is 3.34. The lowest BCUT2D eigenvalue weighted by molar-refractivity contribution is -0.119. The molecule has 1 aliphatic carbocycles. The Bertz CT molecular complexity index is 584. The number of nitrogens with two attached hydrogens (primary N) is 1. The average Bonchev–Trinajstić information content (AvgIpc) is 2.91. The van der Waals surface area contributed by atoms with Crippen LogP contribution in [-0.4, -0.2) is 48.2 Å². The van der Waals surface area contributed by atoms with Crippen LogP contribution in [0.4, 0.5) is 5.82 Å². The molecule has 1 saturated heterocycles. The van der Waals surface area contributed by atoms with Crippen LogP contribution in [0.3, 0.4) is 0 Å². The molecule has 3 N–H and O–H groups in total. The molecule has 0 radical (unpaired) electrons. The number of hydrogen-bond donors (Lipinski definition) is 2. The number of ether oxygens (including phenoxy) is 1. The second-order valence-corrected chi connectivity index (χ2v) is 6.56. The van der Waals surface area contributed by atoms with Gasteiger partial charge in [-0.2, -0.15) is 0 Å². The number of carbonyl (C=O) groups excluding carboxylic acids is 1. The van der Waals surface area contributed by atoms with Crippen molar-refractivity contribution in [2.75, 3.05) is 25.1 Å². The fraction of sp³-hybridized carbons (Fsp3) is 0.688. The fourth-order valence-electron chi connectivity index (χ4n) is 3.34. The first-order chi connectivity index (χ1) is 11.0. The van der Waals surface area contributed by atoms with Gasteiger partial charge in [-0.1, -0.05) is 0 Å². The molecule has 142 valence electrons. The second-order valence-electron chi connectivity index (χ2n) is 6.56. The van der Waals surface area contributed by atoms with Gasteiger partial charge in [-0.15, -0.1) is 24.8 Å². The van der Waals surface area contributed by atoms with Crippen LogP contribution < -0.4 is 16.0 Å². The number of rotatable bonds is 5. The molecule has 25 heavy (non-hydrogen) atoms. The molecule has 7 nitrogen and oxygen atoms in total. The SMILES string of the molecule is COCc1nc(C2CC(N)C2)cc(N2CC[C@H](NC(C)=O)C2)n1.Cl.Cl. The van der Waals surface area contributed by atoms with E-state index in [1.165, 1.54) is 0 Å². The summed E-state index contributed by atoms with van der Waals surface area (Å²) in [5.74, 6) is 2.08. The van der Waals surface area contributed by atoms with Crippen LogP contribution in [0.5, 0.6) is 0 Å². The van der Waals surface area contributed by atoms with Crippen LogP contribution in [0, 0.1) is 0 Å². The van der Waals surface area contributed by atoms with Crippen molar-refractivity contribution in [1.29, 1.82) is 0 Å². The van der Waals surface area contributed by atoms with E-state index in [1.807, 2.05) is 0 Å². The van der Waals surface area contributed by atoms with Crippen LogP contribution >= 0.6 is 24.8 Å². The van der Waals surface area contributed by atoms with Crippen molar-refractivity contribution in [3.63, 3.8) is 0 Å². The van der Waals surface area contributed by atoms with Gasteiger partial charge in [0.1, 0.15) is 12.4 Å². The number of amides is 1. The Morgan fingerprint density at radius 2 is 2.12 bits per heavy atom. The topological polar surface area (TPSA) is 93.4 Å². The Labute approximate surface area is 160 Å². The van der Waals surface area contributed by atoms with Crippen molar-refractivity contribution in [3.05, 3.63) is 17.6 Å². The van der Waals surface area contributed by atoms with Gasteiger partial charge in [0, 0.05) is 56.9 Å². The standard InChI is InChI=1S/C16H25N5O2.2ClH/c1-10(22)18-13-3-4-21(8-13)16-7-14(11-5-12(17)6-11)19-15(20-16)9-23-2;;/h7,11-13H,3-6,8-9,17H2,1-2H3,(H,18,22);2*1H/t11?,12?,13-;;/m0../s1. The van der Waals surface area contributed by atoms with Gasteiger partial charge in [0.2, 0.25) is 5.91 Å². The molecule has 0 spiro atoms. The maximum absolute atomic E-state index is 11.2. The molecule has 1 amide bonds. The van der Waals surface area contributed by atoms with Gasteiger partial charge in [0.05, 0.1) is 0 Å². The van der Waals surface area contributed by atoms with Crippen molar-refractivity contribution in [2.24, 2.45) is 5.73 Å². The summed E-state index contributed by atoms with van der Waals surface area (Å²) >= 11 is 0. The molecule has 0 aromatic carbocycles. The molecular formula is C16H27Cl2N5O2. The lowest BCUT2D eigenvalue weighted by Crippen LogP contribution is -2.36. The normalized spacial score (nSPS) is 24.8. The molecule has 1 atom stereocenters. The minimum atomic E-state index is 0. The van der Waals surface area contributed by atoms with E-state index in [2.05, 4.69) is 26.3 Å². The van der Waals surface area contributed by atoms with E-state index in [-0.39, 0.29) is 36.8 Å². The second kappa shape index (κ2) is 9.52. The van der Waals surface area contributed by atoms with Crippen LogP contribution in [0.2, 0.25) is 0 Å². The zero-order chi connectivity index (χ0) is 16.4. The summed E-state index contributed by atoms with van der Waals surface area (Å²) in [6.07, 6.45) is 2.90. The molecule has 1 saturated carbocycles.